The van der Waals surface area contributed by atoms with Gasteiger partial charge in [-0.25, -0.2) is 4.98 Å². The minimum Gasteiger partial charge on any atom is -0.379 e. The lowest BCUT2D eigenvalue weighted by molar-refractivity contribution is 0.0696. The summed E-state index contributed by atoms with van der Waals surface area (Å²) in [5.41, 5.74) is 1.04. The van der Waals surface area contributed by atoms with E-state index in [4.69, 9.17) is 4.74 Å². The van der Waals surface area contributed by atoms with E-state index < -0.39 is 10.2 Å². The van der Waals surface area contributed by atoms with Crippen LogP contribution in [0.4, 0.5) is 5.82 Å². The first-order valence-corrected chi connectivity index (χ1v) is 9.48. The zero-order valence-corrected chi connectivity index (χ0v) is 14.3. The van der Waals surface area contributed by atoms with Gasteiger partial charge in [-0.1, -0.05) is 6.07 Å². The maximum absolute atomic E-state index is 12.7. The summed E-state index contributed by atoms with van der Waals surface area (Å²) in [4.78, 5) is 4.59. The average Bonchev–Trinajstić information content (AvgIpc) is 2.62. The van der Waals surface area contributed by atoms with Crippen LogP contribution in [0, 0.1) is 0 Å². The number of piperidine rings is 1. The second-order valence-corrected chi connectivity index (χ2v) is 7.82. The maximum atomic E-state index is 12.7. The third kappa shape index (κ3) is 3.65. The Hall–Kier alpha value is -1.22. The van der Waals surface area contributed by atoms with Crippen molar-refractivity contribution in [2.24, 2.45) is 0 Å². The summed E-state index contributed by atoms with van der Waals surface area (Å²) in [5.74, 6) is 1.17. The van der Waals surface area contributed by atoms with Gasteiger partial charge in [-0.3, -0.25) is 0 Å². The molecule has 8 heteroatoms. The second-order valence-electron chi connectivity index (χ2n) is 5.89. The van der Waals surface area contributed by atoms with Crippen molar-refractivity contribution in [3.63, 3.8) is 0 Å². The molecule has 0 saturated carbocycles. The van der Waals surface area contributed by atoms with E-state index in [9.17, 15) is 8.42 Å². The second kappa shape index (κ2) is 7.12. The summed E-state index contributed by atoms with van der Waals surface area (Å²) in [7, 11) is -1.50. The van der Waals surface area contributed by atoms with Gasteiger partial charge in [-0.2, -0.15) is 17.0 Å². The Morgan fingerprint density at radius 1 is 1.13 bits per heavy atom. The van der Waals surface area contributed by atoms with Gasteiger partial charge in [-0.15, -0.1) is 0 Å². The van der Waals surface area contributed by atoms with Crippen molar-refractivity contribution in [1.82, 2.24) is 13.6 Å². The van der Waals surface area contributed by atoms with Crippen LogP contribution >= 0.6 is 0 Å². The lowest BCUT2D eigenvalue weighted by Crippen LogP contribution is -2.50. The molecule has 0 atom stereocenters. The molecule has 3 heterocycles. The largest absolute Gasteiger partial charge is 0.379 e. The highest BCUT2D eigenvalue weighted by Crippen LogP contribution is 2.29. The number of morpholine rings is 1. The molecule has 0 unspecified atom stereocenters. The number of hydrogen-bond acceptors (Lipinski definition) is 5. The molecule has 0 aliphatic carbocycles. The predicted molar refractivity (Wildman–Crippen MR) is 88.6 cm³/mol. The van der Waals surface area contributed by atoms with Crippen LogP contribution in [0.5, 0.6) is 0 Å². The standard InChI is InChI=1S/C15H24N4O3S/c1-16-15-4-2-3-14(17-15)13-5-7-18(8-6-13)23(20,21)19-9-11-22-12-10-19/h2-4,13H,5-12H2,1H3,(H,16,17). The van der Waals surface area contributed by atoms with E-state index in [0.717, 1.165) is 24.4 Å². The molecular formula is C15H24N4O3S. The van der Waals surface area contributed by atoms with Gasteiger partial charge in [0.1, 0.15) is 5.82 Å². The molecule has 0 spiro atoms. The Labute approximate surface area is 137 Å². The van der Waals surface area contributed by atoms with E-state index in [2.05, 4.69) is 10.3 Å². The minimum absolute atomic E-state index is 0.319. The summed E-state index contributed by atoms with van der Waals surface area (Å²) >= 11 is 0. The Balaban J connectivity index is 1.63. The van der Waals surface area contributed by atoms with Crippen LogP contribution in [-0.2, 0) is 14.9 Å². The van der Waals surface area contributed by atoms with Crippen molar-refractivity contribution in [3.8, 4) is 0 Å². The van der Waals surface area contributed by atoms with Crippen LogP contribution in [0.15, 0.2) is 18.2 Å². The normalized spacial score (nSPS) is 22.1. The highest BCUT2D eigenvalue weighted by atomic mass is 32.2. The van der Waals surface area contributed by atoms with Gasteiger partial charge in [0.25, 0.3) is 10.2 Å². The van der Waals surface area contributed by atoms with Gasteiger partial charge < -0.3 is 10.1 Å². The average molecular weight is 340 g/mol. The first-order valence-electron chi connectivity index (χ1n) is 8.09. The zero-order valence-electron chi connectivity index (χ0n) is 13.4. The van der Waals surface area contributed by atoms with E-state index in [0.29, 0.717) is 45.3 Å². The number of rotatable bonds is 4. The molecule has 128 valence electrons. The van der Waals surface area contributed by atoms with Crippen LogP contribution in [-0.4, -0.2) is 68.5 Å². The van der Waals surface area contributed by atoms with E-state index in [1.807, 2.05) is 25.2 Å². The molecule has 1 aromatic rings. The monoisotopic (exact) mass is 340 g/mol. The summed E-state index contributed by atoms with van der Waals surface area (Å²) in [6.45, 7) is 2.97. The summed E-state index contributed by atoms with van der Waals surface area (Å²) in [5, 5.41) is 3.05. The lowest BCUT2D eigenvalue weighted by Gasteiger charge is -2.36. The molecule has 3 rings (SSSR count). The summed E-state index contributed by atoms with van der Waals surface area (Å²) in [6, 6.07) is 5.95. The number of pyridine rings is 1. The number of hydrogen-bond donors (Lipinski definition) is 1. The van der Waals surface area contributed by atoms with Crippen molar-refractivity contribution in [1.29, 1.82) is 0 Å². The van der Waals surface area contributed by atoms with Crippen molar-refractivity contribution in [3.05, 3.63) is 23.9 Å². The van der Waals surface area contributed by atoms with Crippen molar-refractivity contribution >= 4 is 16.0 Å². The Morgan fingerprint density at radius 2 is 1.78 bits per heavy atom. The van der Waals surface area contributed by atoms with Crippen molar-refractivity contribution < 1.29 is 13.2 Å². The lowest BCUT2D eigenvalue weighted by atomic mass is 9.94. The van der Waals surface area contributed by atoms with E-state index in [-0.39, 0.29) is 0 Å². The molecule has 2 aliphatic heterocycles. The summed E-state index contributed by atoms with van der Waals surface area (Å²) < 4.78 is 33.7. The molecule has 23 heavy (non-hydrogen) atoms. The summed E-state index contributed by atoms with van der Waals surface area (Å²) in [6.07, 6.45) is 1.62. The maximum Gasteiger partial charge on any atom is 0.282 e. The fourth-order valence-corrected chi connectivity index (χ4v) is 4.75. The molecule has 0 amide bonds. The van der Waals surface area contributed by atoms with Crippen LogP contribution in [0.25, 0.3) is 0 Å². The molecule has 2 saturated heterocycles. The zero-order chi connectivity index (χ0) is 16.3. The third-order valence-corrected chi connectivity index (χ3v) is 6.56. The first kappa shape index (κ1) is 16.6. The number of nitrogens with one attached hydrogen (secondary N) is 1. The topological polar surface area (TPSA) is 74.8 Å². The predicted octanol–water partition coefficient (Wildman–Crippen LogP) is 0.880. The van der Waals surface area contributed by atoms with Crippen LogP contribution in [0.3, 0.4) is 0 Å². The molecule has 7 nitrogen and oxygen atoms in total. The molecule has 2 aliphatic rings. The van der Waals surface area contributed by atoms with Crippen molar-refractivity contribution in [2.45, 2.75) is 18.8 Å². The highest BCUT2D eigenvalue weighted by molar-refractivity contribution is 7.86. The fourth-order valence-electron chi connectivity index (χ4n) is 3.14. The Bertz CT molecular complexity index is 623. The Kier molecular flexibility index (Phi) is 5.15. The molecule has 2 fully saturated rings. The van der Waals surface area contributed by atoms with Crippen molar-refractivity contribution in [2.75, 3.05) is 51.8 Å². The fraction of sp³-hybridized carbons (Fsp3) is 0.667. The van der Waals surface area contributed by atoms with Gasteiger partial charge in [0.15, 0.2) is 0 Å². The first-order chi connectivity index (χ1) is 11.1. The number of nitrogens with zero attached hydrogens (tertiary/aromatic N) is 3. The third-order valence-electron chi connectivity index (χ3n) is 4.52. The van der Waals surface area contributed by atoms with Gasteiger partial charge in [-0.05, 0) is 25.0 Å². The molecule has 0 bridgehead atoms. The van der Waals surface area contributed by atoms with Gasteiger partial charge >= 0.3 is 0 Å². The van der Waals surface area contributed by atoms with Crippen LogP contribution in [0.1, 0.15) is 24.5 Å². The highest BCUT2D eigenvalue weighted by Gasteiger charge is 2.34. The van der Waals surface area contributed by atoms with Crippen LogP contribution < -0.4 is 5.32 Å². The molecular weight excluding hydrogens is 316 g/mol. The minimum atomic E-state index is -3.35. The van der Waals surface area contributed by atoms with Gasteiger partial charge in [0.2, 0.25) is 0 Å². The van der Waals surface area contributed by atoms with Crippen LogP contribution in [0.2, 0.25) is 0 Å². The van der Waals surface area contributed by atoms with E-state index in [1.165, 1.54) is 4.31 Å². The van der Waals surface area contributed by atoms with E-state index in [1.54, 1.807) is 4.31 Å². The number of aromatic nitrogens is 1. The quantitative estimate of drug-likeness (QED) is 0.881. The SMILES string of the molecule is CNc1cccc(C2CCN(S(=O)(=O)N3CCOCC3)CC2)n1. The molecule has 1 aromatic heterocycles. The van der Waals surface area contributed by atoms with E-state index >= 15 is 0 Å². The smallest absolute Gasteiger partial charge is 0.282 e. The number of ether oxygens (including phenoxy) is 1. The molecule has 1 N–H and O–H groups in total. The van der Waals surface area contributed by atoms with Gasteiger partial charge in [0.05, 0.1) is 13.2 Å². The molecule has 0 radical (unpaired) electrons. The van der Waals surface area contributed by atoms with Gasteiger partial charge in [0, 0.05) is 44.8 Å². The molecule has 0 aromatic carbocycles. The number of anilines is 1. The Morgan fingerprint density at radius 3 is 2.43 bits per heavy atom.